The summed E-state index contributed by atoms with van der Waals surface area (Å²) in [6.45, 7) is 7.52. The molecular weight excluding hydrogens is 222 g/mol. The first-order valence-corrected chi connectivity index (χ1v) is 5.86. The lowest BCUT2D eigenvalue weighted by atomic mass is 10.1. The van der Waals surface area contributed by atoms with E-state index >= 15 is 0 Å². The molecule has 0 fully saturated rings. The summed E-state index contributed by atoms with van der Waals surface area (Å²) in [4.78, 5) is 2.14. The summed E-state index contributed by atoms with van der Waals surface area (Å²) in [5.41, 5.74) is 1.79. The van der Waals surface area contributed by atoms with Crippen LogP contribution in [-0.2, 0) is 6.61 Å². The maximum Gasteiger partial charge on any atom is 0.0702 e. The molecule has 0 unspecified atom stereocenters. The highest BCUT2D eigenvalue weighted by atomic mass is 35.5. The molecule has 88 valence electrons. The second-order valence-corrected chi connectivity index (χ2v) is 4.05. The molecule has 0 aromatic heterocycles. The highest BCUT2D eigenvalue weighted by molar-refractivity contribution is 6.33. The van der Waals surface area contributed by atoms with Gasteiger partial charge in [-0.3, -0.25) is 0 Å². The number of aliphatic hydroxyl groups is 1. The van der Waals surface area contributed by atoms with Gasteiger partial charge in [0, 0.05) is 18.7 Å². The van der Waals surface area contributed by atoms with E-state index in [1.54, 1.807) is 0 Å². The quantitative estimate of drug-likeness (QED) is 0.771. The molecule has 0 aliphatic heterocycles. The van der Waals surface area contributed by atoms with E-state index in [1.807, 2.05) is 24.3 Å². The van der Waals surface area contributed by atoms with E-state index in [9.17, 15) is 5.11 Å². The second-order valence-electron chi connectivity index (χ2n) is 3.64. The molecule has 0 radical (unpaired) electrons. The zero-order valence-electron chi connectivity index (χ0n) is 9.62. The molecule has 0 amide bonds. The van der Waals surface area contributed by atoms with Crippen LogP contribution in [0.4, 0.5) is 5.69 Å². The lowest BCUT2D eigenvalue weighted by molar-refractivity contribution is 0.282. The normalized spacial score (nSPS) is 10.2. The van der Waals surface area contributed by atoms with Crippen molar-refractivity contribution >= 4 is 17.3 Å². The molecule has 1 N–H and O–H groups in total. The van der Waals surface area contributed by atoms with Gasteiger partial charge in [-0.2, -0.15) is 0 Å². The number of anilines is 1. The predicted molar refractivity (Wildman–Crippen MR) is 70.1 cm³/mol. The van der Waals surface area contributed by atoms with E-state index in [0.717, 1.165) is 30.8 Å². The number of para-hydroxylation sites is 1. The van der Waals surface area contributed by atoms with Gasteiger partial charge in [-0.15, -0.1) is 6.58 Å². The first kappa shape index (κ1) is 13.1. The zero-order chi connectivity index (χ0) is 12.0. The first-order chi connectivity index (χ1) is 7.74. The van der Waals surface area contributed by atoms with Gasteiger partial charge >= 0.3 is 0 Å². The molecule has 0 spiro atoms. The van der Waals surface area contributed by atoms with E-state index in [0.29, 0.717) is 5.02 Å². The number of halogens is 1. The summed E-state index contributed by atoms with van der Waals surface area (Å²) in [6.07, 6.45) is 2.88. The van der Waals surface area contributed by atoms with Crippen molar-refractivity contribution in [2.45, 2.75) is 20.0 Å². The van der Waals surface area contributed by atoms with Crippen LogP contribution in [0, 0.1) is 0 Å². The highest BCUT2D eigenvalue weighted by Crippen LogP contribution is 2.30. The average molecular weight is 240 g/mol. The summed E-state index contributed by atoms with van der Waals surface area (Å²) < 4.78 is 0. The Kier molecular flexibility index (Phi) is 5.36. The average Bonchev–Trinajstić information content (AvgIpc) is 2.28. The summed E-state index contributed by atoms with van der Waals surface area (Å²) in [7, 11) is 0. The second kappa shape index (κ2) is 6.56. The molecule has 1 rings (SSSR count). The van der Waals surface area contributed by atoms with Crippen molar-refractivity contribution in [1.82, 2.24) is 0 Å². The van der Waals surface area contributed by atoms with Gasteiger partial charge in [-0.05, 0) is 12.5 Å². The Morgan fingerprint density at radius 3 is 2.81 bits per heavy atom. The molecule has 0 saturated heterocycles. The summed E-state index contributed by atoms with van der Waals surface area (Å²) in [5.74, 6) is 0. The number of hydrogen-bond acceptors (Lipinski definition) is 2. The van der Waals surface area contributed by atoms with Crippen LogP contribution in [0.15, 0.2) is 30.9 Å². The minimum atomic E-state index is 0.00719. The van der Waals surface area contributed by atoms with Crippen LogP contribution in [0.25, 0.3) is 0 Å². The van der Waals surface area contributed by atoms with Gasteiger partial charge in [0.05, 0.1) is 17.3 Å². The summed E-state index contributed by atoms with van der Waals surface area (Å²) >= 11 is 6.19. The molecule has 0 aliphatic rings. The molecular formula is C13H18ClNO. The van der Waals surface area contributed by atoms with Crippen LogP contribution < -0.4 is 4.90 Å². The third-order valence-electron chi connectivity index (χ3n) is 2.40. The minimum Gasteiger partial charge on any atom is -0.392 e. The third-order valence-corrected chi connectivity index (χ3v) is 2.70. The Labute approximate surface area is 102 Å². The minimum absolute atomic E-state index is 0.00719. The lowest BCUT2D eigenvalue weighted by Gasteiger charge is -2.26. The van der Waals surface area contributed by atoms with Crippen molar-refractivity contribution in [3.05, 3.63) is 41.4 Å². The van der Waals surface area contributed by atoms with Crippen molar-refractivity contribution in [2.24, 2.45) is 0 Å². The summed E-state index contributed by atoms with van der Waals surface area (Å²) in [6, 6.07) is 5.60. The maximum atomic E-state index is 9.32. The van der Waals surface area contributed by atoms with Crippen LogP contribution in [-0.4, -0.2) is 18.2 Å². The van der Waals surface area contributed by atoms with Gasteiger partial charge in [0.25, 0.3) is 0 Å². The van der Waals surface area contributed by atoms with E-state index in [4.69, 9.17) is 11.6 Å². The van der Waals surface area contributed by atoms with E-state index in [-0.39, 0.29) is 6.61 Å². The van der Waals surface area contributed by atoms with E-state index in [2.05, 4.69) is 18.4 Å². The standard InChI is InChI=1S/C13H18ClNO/c1-3-8-15(9-4-2)13-11(10-16)6-5-7-12(13)14/h3,5-7,16H,1,4,8-10H2,2H3. The Bertz CT molecular complexity index is 352. The van der Waals surface area contributed by atoms with Crippen LogP contribution in [0.2, 0.25) is 5.02 Å². The predicted octanol–water partition coefficient (Wildman–Crippen LogP) is 3.23. The molecule has 0 atom stereocenters. The zero-order valence-corrected chi connectivity index (χ0v) is 10.4. The summed E-state index contributed by atoms with van der Waals surface area (Å²) in [5, 5.41) is 10.00. The van der Waals surface area contributed by atoms with Crippen molar-refractivity contribution in [1.29, 1.82) is 0 Å². The fourth-order valence-corrected chi connectivity index (χ4v) is 2.08. The number of aliphatic hydroxyl groups excluding tert-OH is 1. The SMILES string of the molecule is C=CCN(CCC)c1c(Cl)cccc1CO. The highest BCUT2D eigenvalue weighted by Gasteiger charge is 2.12. The molecule has 16 heavy (non-hydrogen) atoms. The Morgan fingerprint density at radius 1 is 1.50 bits per heavy atom. The van der Waals surface area contributed by atoms with Crippen LogP contribution in [0.1, 0.15) is 18.9 Å². The fraction of sp³-hybridized carbons (Fsp3) is 0.385. The van der Waals surface area contributed by atoms with E-state index in [1.165, 1.54) is 0 Å². The molecule has 1 aromatic carbocycles. The molecule has 0 heterocycles. The number of benzene rings is 1. The van der Waals surface area contributed by atoms with Crippen molar-refractivity contribution < 1.29 is 5.11 Å². The number of hydrogen-bond donors (Lipinski definition) is 1. The monoisotopic (exact) mass is 239 g/mol. The van der Waals surface area contributed by atoms with Crippen LogP contribution in [0.5, 0.6) is 0 Å². The smallest absolute Gasteiger partial charge is 0.0702 e. The van der Waals surface area contributed by atoms with Gasteiger partial charge in [0.1, 0.15) is 0 Å². The fourth-order valence-electron chi connectivity index (χ4n) is 1.76. The van der Waals surface area contributed by atoms with Crippen molar-refractivity contribution in [3.8, 4) is 0 Å². The molecule has 1 aromatic rings. The Morgan fingerprint density at radius 2 is 2.25 bits per heavy atom. The molecule has 0 aliphatic carbocycles. The van der Waals surface area contributed by atoms with Crippen LogP contribution in [0.3, 0.4) is 0 Å². The topological polar surface area (TPSA) is 23.5 Å². The Hall–Kier alpha value is -0.990. The van der Waals surface area contributed by atoms with Gasteiger partial charge in [0.2, 0.25) is 0 Å². The molecule has 0 saturated carbocycles. The number of rotatable bonds is 6. The lowest BCUT2D eigenvalue weighted by Crippen LogP contribution is -2.25. The Balaban J connectivity index is 3.09. The molecule has 3 heteroatoms. The van der Waals surface area contributed by atoms with Gasteiger partial charge in [-0.1, -0.05) is 36.7 Å². The largest absolute Gasteiger partial charge is 0.392 e. The van der Waals surface area contributed by atoms with Gasteiger partial charge < -0.3 is 10.0 Å². The maximum absolute atomic E-state index is 9.32. The third kappa shape index (κ3) is 3.00. The molecule has 2 nitrogen and oxygen atoms in total. The van der Waals surface area contributed by atoms with Crippen molar-refractivity contribution in [3.63, 3.8) is 0 Å². The van der Waals surface area contributed by atoms with Crippen LogP contribution >= 0.6 is 11.6 Å². The van der Waals surface area contributed by atoms with Gasteiger partial charge in [0.15, 0.2) is 0 Å². The van der Waals surface area contributed by atoms with E-state index < -0.39 is 0 Å². The van der Waals surface area contributed by atoms with Gasteiger partial charge in [-0.25, -0.2) is 0 Å². The van der Waals surface area contributed by atoms with Crippen molar-refractivity contribution in [2.75, 3.05) is 18.0 Å². The first-order valence-electron chi connectivity index (χ1n) is 5.48. The number of nitrogens with zero attached hydrogens (tertiary/aromatic N) is 1. The molecule has 0 bridgehead atoms.